The van der Waals surface area contributed by atoms with Gasteiger partial charge in [-0.1, -0.05) is 39.0 Å². The van der Waals surface area contributed by atoms with Gasteiger partial charge in [-0.25, -0.2) is 17.2 Å². The van der Waals surface area contributed by atoms with Gasteiger partial charge in [-0.15, -0.1) is 0 Å². The number of rotatable bonds is 3. The molecule has 2 aromatic carbocycles. The minimum absolute atomic E-state index is 0.0578. The summed E-state index contributed by atoms with van der Waals surface area (Å²) in [6.07, 6.45) is 0. The quantitative estimate of drug-likeness (QED) is 0.796. The first-order valence-electron chi connectivity index (χ1n) is 8.90. The van der Waals surface area contributed by atoms with E-state index in [1.807, 2.05) is 12.1 Å². The molecule has 1 saturated heterocycles. The van der Waals surface area contributed by atoms with Crippen molar-refractivity contribution >= 4 is 15.7 Å². The average molecular weight is 394 g/mol. The average Bonchev–Trinajstić information content (AvgIpc) is 2.61. The van der Waals surface area contributed by atoms with E-state index in [0.29, 0.717) is 0 Å². The molecule has 7 heteroatoms. The van der Waals surface area contributed by atoms with Crippen molar-refractivity contribution in [3.8, 4) is 0 Å². The molecule has 0 radical (unpaired) electrons. The van der Waals surface area contributed by atoms with E-state index in [4.69, 9.17) is 0 Å². The molecule has 1 fully saturated rings. The van der Waals surface area contributed by atoms with Gasteiger partial charge in [0.15, 0.2) is 0 Å². The van der Waals surface area contributed by atoms with Crippen LogP contribution in [0.15, 0.2) is 47.4 Å². The topological polar surface area (TPSA) is 40.6 Å². The van der Waals surface area contributed by atoms with Crippen molar-refractivity contribution in [2.24, 2.45) is 0 Å². The maximum Gasteiger partial charge on any atom is 0.243 e. The Kier molecular flexibility index (Phi) is 5.27. The summed E-state index contributed by atoms with van der Waals surface area (Å²) in [6.45, 7) is 7.02. The monoisotopic (exact) mass is 394 g/mol. The number of benzene rings is 2. The van der Waals surface area contributed by atoms with E-state index in [2.05, 4.69) is 20.8 Å². The number of hydrogen-bond acceptors (Lipinski definition) is 3. The third-order valence-electron chi connectivity index (χ3n) is 4.85. The largest absolute Gasteiger partial charge is 0.364 e. The fourth-order valence-electron chi connectivity index (χ4n) is 3.22. The van der Waals surface area contributed by atoms with Gasteiger partial charge in [0, 0.05) is 26.2 Å². The molecule has 1 heterocycles. The Morgan fingerprint density at radius 1 is 0.852 bits per heavy atom. The number of piperazine rings is 1. The van der Waals surface area contributed by atoms with Crippen molar-refractivity contribution in [3.63, 3.8) is 0 Å². The first kappa shape index (κ1) is 19.8. The molecule has 0 N–H and O–H groups in total. The van der Waals surface area contributed by atoms with Crippen LogP contribution < -0.4 is 4.90 Å². The van der Waals surface area contributed by atoms with Gasteiger partial charge in [0.2, 0.25) is 10.0 Å². The van der Waals surface area contributed by atoms with Gasteiger partial charge in [-0.3, -0.25) is 0 Å². The fraction of sp³-hybridized carbons (Fsp3) is 0.400. The van der Waals surface area contributed by atoms with Gasteiger partial charge in [0.05, 0.1) is 4.90 Å². The molecule has 27 heavy (non-hydrogen) atoms. The van der Waals surface area contributed by atoms with Crippen molar-refractivity contribution in [2.75, 3.05) is 31.1 Å². The first-order valence-corrected chi connectivity index (χ1v) is 10.3. The summed E-state index contributed by atoms with van der Waals surface area (Å²) in [5.74, 6) is -1.27. The number of para-hydroxylation sites is 1. The van der Waals surface area contributed by atoms with Crippen molar-refractivity contribution < 1.29 is 17.2 Å². The lowest BCUT2D eigenvalue weighted by Crippen LogP contribution is -2.49. The molecule has 0 saturated carbocycles. The molecule has 0 aromatic heterocycles. The second-order valence-corrected chi connectivity index (χ2v) is 9.67. The van der Waals surface area contributed by atoms with Crippen molar-refractivity contribution in [2.45, 2.75) is 31.1 Å². The lowest BCUT2D eigenvalue weighted by atomic mass is 9.87. The molecular weight excluding hydrogens is 370 g/mol. The highest BCUT2D eigenvalue weighted by molar-refractivity contribution is 7.89. The van der Waals surface area contributed by atoms with E-state index >= 15 is 0 Å². The minimum Gasteiger partial charge on any atom is -0.364 e. The minimum atomic E-state index is -3.63. The van der Waals surface area contributed by atoms with E-state index in [1.165, 1.54) is 22.5 Å². The van der Waals surface area contributed by atoms with Crippen LogP contribution in [-0.4, -0.2) is 38.9 Å². The Labute approximate surface area is 159 Å². The summed E-state index contributed by atoms with van der Waals surface area (Å²) in [5, 5.41) is 0. The normalized spacial score (nSPS) is 16.6. The molecule has 0 amide bonds. The van der Waals surface area contributed by atoms with Crippen LogP contribution in [0.5, 0.6) is 0 Å². The molecule has 0 spiro atoms. The van der Waals surface area contributed by atoms with Gasteiger partial charge < -0.3 is 4.90 Å². The Balaban J connectivity index is 1.75. The number of sulfonamides is 1. The summed E-state index contributed by atoms with van der Waals surface area (Å²) in [6, 6.07) is 10.6. The predicted molar refractivity (Wildman–Crippen MR) is 102 cm³/mol. The molecular formula is C20H24F2N2O2S. The number of nitrogens with zero attached hydrogens (tertiary/aromatic N) is 2. The fourth-order valence-corrected chi connectivity index (χ4v) is 4.64. The van der Waals surface area contributed by atoms with Crippen molar-refractivity contribution in [1.82, 2.24) is 4.31 Å². The third kappa shape index (κ3) is 3.99. The number of anilines is 1. The van der Waals surface area contributed by atoms with Crippen molar-refractivity contribution in [3.05, 3.63) is 59.7 Å². The maximum absolute atomic E-state index is 14.0. The Morgan fingerprint density at radius 2 is 1.37 bits per heavy atom. The summed E-state index contributed by atoms with van der Waals surface area (Å²) in [7, 11) is -3.63. The zero-order valence-electron chi connectivity index (χ0n) is 15.7. The van der Waals surface area contributed by atoms with Gasteiger partial charge >= 0.3 is 0 Å². The zero-order valence-corrected chi connectivity index (χ0v) is 16.6. The lowest BCUT2D eigenvalue weighted by Gasteiger charge is -2.35. The van der Waals surface area contributed by atoms with Crippen LogP contribution in [0.4, 0.5) is 14.5 Å². The Bertz CT molecular complexity index is 894. The zero-order chi connectivity index (χ0) is 19.8. The molecule has 0 unspecified atom stereocenters. The molecule has 0 bridgehead atoms. The first-order chi connectivity index (χ1) is 12.6. The smallest absolute Gasteiger partial charge is 0.243 e. The molecule has 1 aliphatic rings. The summed E-state index contributed by atoms with van der Waals surface area (Å²) in [5.41, 5.74) is 0.906. The van der Waals surface area contributed by atoms with E-state index in [-0.39, 0.29) is 42.2 Å². The maximum atomic E-state index is 14.0. The van der Waals surface area contributed by atoms with Gasteiger partial charge in [0.25, 0.3) is 0 Å². The van der Waals surface area contributed by atoms with Crippen LogP contribution in [0.2, 0.25) is 0 Å². The lowest BCUT2D eigenvalue weighted by molar-refractivity contribution is 0.381. The van der Waals surface area contributed by atoms with E-state index in [1.54, 1.807) is 17.0 Å². The number of halogens is 2. The third-order valence-corrected chi connectivity index (χ3v) is 6.76. The van der Waals surface area contributed by atoms with Crippen molar-refractivity contribution in [1.29, 1.82) is 0 Å². The van der Waals surface area contributed by atoms with Gasteiger partial charge in [0.1, 0.15) is 17.3 Å². The van der Waals surface area contributed by atoms with Gasteiger partial charge in [-0.05, 0) is 35.2 Å². The highest BCUT2D eigenvalue weighted by Gasteiger charge is 2.30. The molecule has 4 nitrogen and oxygen atoms in total. The molecule has 0 aliphatic carbocycles. The Morgan fingerprint density at radius 3 is 1.85 bits per heavy atom. The highest BCUT2D eigenvalue weighted by atomic mass is 32.2. The summed E-state index contributed by atoms with van der Waals surface area (Å²) in [4.78, 5) is 1.79. The summed E-state index contributed by atoms with van der Waals surface area (Å²) < 4.78 is 55.0. The van der Waals surface area contributed by atoms with Crippen LogP contribution in [-0.2, 0) is 15.4 Å². The van der Waals surface area contributed by atoms with E-state index < -0.39 is 21.7 Å². The number of hydrogen-bond donors (Lipinski definition) is 0. The predicted octanol–water partition coefficient (Wildman–Crippen LogP) is 3.77. The Hall–Kier alpha value is -1.99. The molecule has 1 aliphatic heterocycles. The van der Waals surface area contributed by atoms with Crippen LogP contribution in [0.3, 0.4) is 0 Å². The van der Waals surface area contributed by atoms with Crippen LogP contribution in [0.25, 0.3) is 0 Å². The molecule has 3 rings (SSSR count). The highest BCUT2D eigenvalue weighted by Crippen LogP contribution is 2.27. The van der Waals surface area contributed by atoms with Crippen LogP contribution >= 0.6 is 0 Å². The van der Waals surface area contributed by atoms with Gasteiger partial charge in [-0.2, -0.15) is 4.31 Å². The molecule has 2 aromatic rings. The second-order valence-electron chi connectivity index (χ2n) is 7.74. The SMILES string of the molecule is CC(C)(C)c1ccc(S(=O)(=O)N2CCN(c3c(F)cccc3F)CC2)cc1. The van der Waals surface area contributed by atoms with E-state index in [9.17, 15) is 17.2 Å². The molecule has 146 valence electrons. The standard InChI is InChI=1S/C20H24F2N2O2S/c1-20(2,3)15-7-9-16(10-8-15)27(25,26)24-13-11-23(12-14-24)19-17(21)5-4-6-18(19)22/h4-10H,11-14H2,1-3H3. The second kappa shape index (κ2) is 7.20. The van der Waals surface area contributed by atoms with Crippen LogP contribution in [0.1, 0.15) is 26.3 Å². The molecule has 0 atom stereocenters. The van der Waals surface area contributed by atoms with E-state index in [0.717, 1.165) is 5.56 Å². The summed E-state index contributed by atoms with van der Waals surface area (Å²) >= 11 is 0. The van der Waals surface area contributed by atoms with Crippen LogP contribution in [0, 0.1) is 11.6 Å².